The number of carbonyl (C=O) groups excluding carboxylic acids is 2. The van der Waals surface area contributed by atoms with Crippen LogP contribution < -0.4 is 9.64 Å². The number of Topliss-reactive ketones (excluding diaryl/α,β-unsaturated/α-hetero) is 1. The minimum Gasteiger partial charge on any atom is -0.507 e. The first-order valence-electron chi connectivity index (χ1n) is 10.4. The van der Waals surface area contributed by atoms with E-state index in [0.29, 0.717) is 15.9 Å². The van der Waals surface area contributed by atoms with Crippen LogP contribution in [0.15, 0.2) is 66.4 Å². The molecule has 180 valence electrons. The second kappa shape index (κ2) is 9.02. The lowest BCUT2D eigenvalue weighted by Crippen LogP contribution is -2.29. The number of hydrogen-bond acceptors (Lipinski definition) is 9. The fourth-order valence-corrected chi connectivity index (χ4v) is 5.17. The minimum absolute atomic E-state index is 0.125. The summed E-state index contributed by atoms with van der Waals surface area (Å²) in [6, 6.07) is 12.5. The molecule has 5 rings (SSSR count). The molecule has 12 heteroatoms. The number of amides is 1. The second-order valence-corrected chi connectivity index (χ2v) is 9.12. The quantitative estimate of drug-likeness (QED) is 0.129. The molecule has 1 unspecified atom stereocenters. The van der Waals surface area contributed by atoms with Gasteiger partial charge in [-0.3, -0.25) is 29.6 Å². The molecule has 1 aliphatic heterocycles. The first-order valence-corrected chi connectivity index (χ1v) is 11.6. The van der Waals surface area contributed by atoms with E-state index in [2.05, 4.69) is 9.97 Å². The molecule has 1 saturated heterocycles. The number of aromatic nitrogens is 2. The largest absolute Gasteiger partial charge is 0.507 e. The van der Waals surface area contributed by atoms with Gasteiger partial charge < -0.3 is 9.84 Å². The average Bonchev–Trinajstić information content (AvgIpc) is 3.41. The molecular formula is C24H15ClN4O6S. The van der Waals surface area contributed by atoms with E-state index in [4.69, 9.17) is 16.3 Å². The topological polar surface area (TPSA) is 136 Å². The zero-order chi connectivity index (χ0) is 25.6. The highest BCUT2D eigenvalue weighted by atomic mass is 35.5. The van der Waals surface area contributed by atoms with Crippen LogP contribution in [0.2, 0.25) is 5.02 Å². The van der Waals surface area contributed by atoms with Gasteiger partial charge in [-0.05, 0) is 36.4 Å². The Morgan fingerprint density at radius 3 is 2.69 bits per heavy atom. The van der Waals surface area contributed by atoms with Crippen LogP contribution in [0.4, 0.5) is 10.8 Å². The number of pyridine rings is 1. The summed E-state index contributed by atoms with van der Waals surface area (Å²) in [6.45, 7) is 0. The average molecular weight is 523 g/mol. The van der Waals surface area contributed by atoms with Crippen molar-refractivity contribution in [3.63, 3.8) is 0 Å². The zero-order valence-electron chi connectivity index (χ0n) is 18.4. The molecule has 1 aliphatic rings. The highest BCUT2D eigenvalue weighted by molar-refractivity contribution is 7.22. The number of non-ortho nitro benzene ring substituents is 1. The minimum atomic E-state index is -1.12. The summed E-state index contributed by atoms with van der Waals surface area (Å²) in [5.74, 6) is -2.12. The Bertz CT molecular complexity index is 1590. The fourth-order valence-electron chi connectivity index (χ4n) is 3.98. The highest BCUT2D eigenvalue weighted by Gasteiger charge is 2.49. The fraction of sp³-hybridized carbons (Fsp3) is 0.0833. The zero-order valence-corrected chi connectivity index (χ0v) is 20.0. The number of aliphatic hydroxyl groups excluding tert-OH is 1. The van der Waals surface area contributed by atoms with Crippen molar-refractivity contribution in [3.05, 3.63) is 92.8 Å². The van der Waals surface area contributed by atoms with Crippen molar-refractivity contribution < 1.29 is 24.4 Å². The lowest BCUT2D eigenvalue weighted by Gasteiger charge is -2.22. The van der Waals surface area contributed by atoms with E-state index in [9.17, 15) is 24.8 Å². The van der Waals surface area contributed by atoms with Gasteiger partial charge in [0.2, 0.25) is 0 Å². The van der Waals surface area contributed by atoms with Gasteiger partial charge in [0, 0.05) is 23.4 Å². The molecule has 0 spiro atoms. The molecule has 1 fully saturated rings. The molecule has 1 N–H and O–H groups in total. The van der Waals surface area contributed by atoms with Gasteiger partial charge in [0.25, 0.3) is 11.5 Å². The number of aliphatic hydroxyl groups is 1. The molecule has 0 radical (unpaired) electrons. The van der Waals surface area contributed by atoms with Gasteiger partial charge >= 0.3 is 5.91 Å². The summed E-state index contributed by atoms with van der Waals surface area (Å²) in [4.78, 5) is 47.2. The van der Waals surface area contributed by atoms with Gasteiger partial charge in [0.15, 0.2) is 5.13 Å². The van der Waals surface area contributed by atoms with Crippen LogP contribution in [0.1, 0.15) is 17.3 Å². The molecule has 0 bridgehead atoms. The summed E-state index contributed by atoms with van der Waals surface area (Å²) in [6.07, 6.45) is 1.50. The van der Waals surface area contributed by atoms with Gasteiger partial charge in [-0.2, -0.15) is 0 Å². The number of halogens is 1. The first-order chi connectivity index (χ1) is 17.3. The third-order valence-electron chi connectivity index (χ3n) is 5.61. The standard InChI is InChI=1S/C24H15ClN4O6S/c1-35-17-8-5-12(25)10-14(17)21(30)19-20(16-4-2-3-9-26-16)28(23(32)22(19)31)24-27-15-7-6-13(29(33)34)11-18(15)36-24/h2-11,20,30H,1H3/b21-19+. The number of methoxy groups -OCH3 is 1. The summed E-state index contributed by atoms with van der Waals surface area (Å²) in [7, 11) is 1.40. The summed E-state index contributed by atoms with van der Waals surface area (Å²) in [5.41, 5.74) is 0.505. The number of benzene rings is 2. The predicted octanol–water partition coefficient (Wildman–Crippen LogP) is 4.89. The number of nitro benzene ring substituents is 1. The third-order valence-corrected chi connectivity index (χ3v) is 6.86. The smallest absolute Gasteiger partial charge is 0.301 e. The number of hydrogen-bond donors (Lipinski definition) is 1. The van der Waals surface area contributed by atoms with Crippen molar-refractivity contribution in [2.75, 3.05) is 12.0 Å². The van der Waals surface area contributed by atoms with Crippen LogP contribution in [0.5, 0.6) is 5.75 Å². The maximum Gasteiger partial charge on any atom is 0.301 e. The molecule has 0 saturated carbocycles. The molecular weight excluding hydrogens is 508 g/mol. The number of nitrogens with zero attached hydrogens (tertiary/aromatic N) is 4. The third kappa shape index (κ3) is 3.84. The van der Waals surface area contributed by atoms with Gasteiger partial charge in [-0.15, -0.1) is 0 Å². The Balaban J connectivity index is 1.73. The number of fused-ring (bicyclic) bond motifs is 1. The van der Waals surface area contributed by atoms with E-state index in [0.717, 1.165) is 16.2 Å². The van der Waals surface area contributed by atoms with Crippen molar-refractivity contribution in [3.8, 4) is 5.75 Å². The van der Waals surface area contributed by atoms with Gasteiger partial charge in [0.05, 0.1) is 39.1 Å². The number of rotatable bonds is 5. The van der Waals surface area contributed by atoms with E-state index in [-0.39, 0.29) is 32.7 Å². The number of nitro groups is 1. The Morgan fingerprint density at radius 2 is 2.00 bits per heavy atom. The van der Waals surface area contributed by atoms with Crippen molar-refractivity contribution in [2.45, 2.75) is 6.04 Å². The summed E-state index contributed by atoms with van der Waals surface area (Å²) < 4.78 is 5.78. The molecule has 10 nitrogen and oxygen atoms in total. The van der Waals surface area contributed by atoms with E-state index in [1.807, 2.05) is 0 Å². The SMILES string of the molecule is COc1ccc(Cl)cc1/C(O)=C1\C(=O)C(=O)N(c2nc3ccc([N+](=O)[O-])cc3s2)C1c1ccccn1. The number of carbonyl (C=O) groups is 2. The molecule has 4 aromatic rings. The molecule has 3 heterocycles. The van der Waals surface area contributed by atoms with Crippen molar-refractivity contribution >= 4 is 61.4 Å². The lowest BCUT2D eigenvalue weighted by atomic mass is 9.98. The maximum absolute atomic E-state index is 13.3. The van der Waals surface area contributed by atoms with E-state index in [1.165, 1.54) is 43.6 Å². The number of ketones is 1. The van der Waals surface area contributed by atoms with Crippen LogP contribution in [0, 0.1) is 10.1 Å². The van der Waals surface area contributed by atoms with E-state index >= 15 is 0 Å². The van der Waals surface area contributed by atoms with E-state index in [1.54, 1.807) is 24.3 Å². The summed E-state index contributed by atoms with van der Waals surface area (Å²) >= 11 is 7.14. The Labute approximate surface area is 212 Å². The summed E-state index contributed by atoms with van der Waals surface area (Å²) in [5, 5.41) is 22.9. The van der Waals surface area contributed by atoms with Crippen LogP contribution in [-0.4, -0.2) is 38.8 Å². The molecule has 1 atom stereocenters. The molecule has 0 aliphatic carbocycles. The van der Waals surface area contributed by atoms with E-state index < -0.39 is 28.4 Å². The van der Waals surface area contributed by atoms with Crippen LogP contribution in [-0.2, 0) is 9.59 Å². The van der Waals surface area contributed by atoms with Crippen molar-refractivity contribution in [2.24, 2.45) is 0 Å². The first kappa shape index (κ1) is 23.4. The van der Waals surface area contributed by atoms with Gasteiger partial charge in [-0.1, -0.05) is 29.0 Å². The highest BCUT2D eigenvalue weighted by Crippen LogP contribution is 2.45. The monoisotopic (exact) mass is 522 g/mol. The Kier molecular flexibility index (Phi) is 5.86. The van der Waals surface area contributed by atoms with Gasteiger partial charge in [-0.25, -0.2) is 4.98 Å². The van der Waals surface area contributed by atoms with Gasteiger partial charge in [0.1, 0.15) is 17.6 Å². The van der Waals surface area contributed by atoms with Crippen LogP contribution >= 0.6 is 22.9 Å². The molecule has 36 heavy (non-hydrogen) atoms. The van der Waals surface area contributed by atoms with Crippen molar-refractivity contribution in [1.29, 1.82) is 0 Å². The van der Waals surface area contributed by atoms with Crippen LogP contribution in [0.25, 0.3) is 16.0 Å². The van der Waals surface area contributed by atoms with Crippen molar-refractivity contribution in [1.82, 2.24) is 9.97 Å². The molecule has 2 aromatic heterocycles. The lowest BCUT2D eigenvalue weighted by molar-refractivity contribution is -0.384. The second-order valence-electron chi connectivity index (χ2n) is 7.67. The number of ether oxygens (including phenoxy) is 1. The predicted molar refractivity (Wildman–Crippen MR) is 133 cm³/mol. The van der Waals surface area contributed by atoms with Crippen LogP contribution in [0.3, 0.4) is 0 Å². The molecule has 1 amide bonds. The molecule has 2 aromatic carbocycles. The number of thiazole rings is 1. The Hall–Kier alpha value is -4.35. The maximum atomic E-state index is 13.3. The number of anilines is 1. The Morgan fingerprint density at radius 1 is 1.19 bits per heavy atom. The normalized spacial score (nSPS) is 17.1.